The van der Waals surface area contributed by atoms with E-state index in [4.69, 9.17) is 37.6 Å². The van der Waals surface area contributed by atoms with E-state index in [1.807, 2.05) is 6.92 Å². The Morgan fingerprint density at radius 3 is 1.98 bits per heavy atom. The van der Waals surface area contributed by atoms with Gasteiger partial charge in [-0.25, -0.2) is 4.79 Å². The van der Waals surface area contributed by atoms with Crippen molar-refractivity contribution in [1.82, 2.24) is 0 Å². The van der Waals surface area contributed by atoms with Gasteiger partial charge in [0.25, 0.3) is 0 Å². The second kappa shape index (κ2) is 18.2. The van der Waals surface area contributed by atoms with Crippen LogP contribution in [0.15, 0.2) is 27.6 Å². The monoisotopic (exact) mass is 930 g/mol. The van der Waals surface area contributed by atoms with E-state index in [9.17, 15) is 65.8 Å². The summed E-state index contributed by atoms with van der Waals surface area (Å²) in [5.41, 5.74) is -4.32. The number of carbonyl (C=O) groups is 1. The van der Waals surface area contributed by atoms with Gasteiger partial charge in [-0.15, -0.1) is 0 Å². The topological polar surface area (TPSA) is 334 Å². The number of carbonyl (C=O) groups excluding carboxylic acids is 1. The van der Waals surface area contributed by atoms with E-state index in [-0.39, 0.29) is 30.6 Å². The van der Waals surface area contributed by atoms with Gasteiger partial charge in [0.1, 0.15) is 78.8 Å². The highest BCUT2D eigenvalue weighted by Crippen LogP contribution is 2.72. The average molecular weight is 931 g/mol. The van der Waals surface area contributed by atoms with Crippen LogP contribution >= 0.6 is 0 Å². The molecule has 11 N–H and O–H groups in total. The van der Waals surface area contributed by atoms with Crippen molar-refractivity contribution >= 4 is 5.97 Å². The number of hydrogen-bond donors (Lipinski definition) is 11. The van der Waals surface area contributed by atoms with Crippen molar-refractivity contribution in [3.8, 4) is 0 Å². The predicted octanol–water partition coefficient (Wildman–Crippen LogP) is -2.60. The minimum absolute atomic E-state index is 0.0220. The Morgan fingerprint density at radius 1 is 0.738 bits per heavy atom. The molecule has 8 rings (SSSR count). The van der Waals surface area contributed by atoms with E-state index in [0.29, 0.717) is 38.5 Å². The van der Waals surface area contributed by atoms with Gasteiger partial charge in [-0.3, -0.25) is 4.79 Å². The van der Waals surface area contributed by atoms with E-state index >= 15 is 0 Å². The lowest BCUT2D eigenvalue weighted by molar-refractivity contribution is -0.379. The Balaban J connectivity index is 0.926. The molecule has 0 bridgehead atoms. The molecule has 3 aliphatic heterocycles. The van der Waals surface area contributed by atoms with Crippen LogP contribution in [0, 0.1) is 22.7 Å². The molecule has 0 amide bonds. The van der Waals surface area contributed by atoms with Crippen molar-refractivity contribution in [3.05, 3.63) is 34.4 Å². The number of ether oxygens (including phenoxy) is 7. The van der Waals surface area contributed by atoms with Crippen molar-refractivity contribution in [2.75, 3.05) is 13.2 Å². The smallest absolute Gasteiger partial charge is 0.335 e. The van der Waals surface area contributed by atoms with Crippen LogP contribution in [0.2, 0.25) is 0 Å². The summed E-state index contributed by atoms with van der Waals surface area (Å²) in [6.45, 7) is 5.29. The number of rotatable bonds is 10. The number of hydrogen-bond acceptors (Lipinski definition) is 21. The molecular formula is C44H66O21. The Kier molecular flexibility index (Phi) is 13.8. The first-order valence-corrected chi connectivity index (χ1v) is 22.7. The maximum Gasteiger partial charge on any atom is 0.335 e. The molecule has 7 fully saturated rings. The maximum absolute atomic E-state index is 13.0. The van der Waals surface area contributed by atoms with Crippen LogP contribution in [-0.4, -0.2) is 191 Å². The number of fused-ring (bicyclic) bond motifs is 5. The van der Waals surface area contributed by atoms with Gasteiger partial charge in [0, 0.05) is 30.7 Å². The fourth-order valence-corrected chi connectivity index (χ4v) is 13.2. The molecule has 0 aromatic carbocycles. The lowest BCUT2D eigenvalue weighted by Crippen LogP contribution is -2.75. The van der Waals surface area contributed by atoms with Crippen LogP contribution in [0.1, 0.15) is 90.5 Å². The summed E-state index contributed by atoms with van der Waals surface area (Å²) in [5.74, 6) is -1.47. The van der Waals surface area contributed by atoms with Gasteiger partial charge in [0.2, 0.25) is 0 Å². The second-order valence-corrected chi connectivity index (χ2v) is 20.1. The Bertz CT molecular complexity index is 1880. The van der Waals surface area contributed by atoms with Crippen molar-refractivity contribution in [3.63, 3.8) is 0 Å². The first kappa shape index (κ1) is 49.2. The van der Waals surface area contributed by atoms with Crippen molar-refractivity contribution in [2.24, 2.45) is 22.7 Å². The van der Waals surface area contributed by atoms with Gasteiger partial charge in [-0.1, -0.05) is 13.8 Å². The fraction of sp³-hybridized carbons (Fsp3) is 0.864. The molecule has 368 valence electrons. The summed E-state index contributed by atoms with van der Waals surface area (Å²) in [4.78, 5) is 24.5. The molecule has 1 aromatic heterocycles. The lowest BCUT2D eigenvalue weighted by atomic mass is 9.40. The highest BCUT2D eigenvalue weighted by Gasteiger charge is 2.76. The van der Waals surface area contributed by atoms with Crippen LogP contribution in [0.5, 0.6) is 0 Å². The van der Waals surface area contributed by atoms with Crippen LogP contribution in [0.25, 0.3) is 0 Å². The normalized spacial score (nSPS) is 52.2. The molecule has 4 aliphatic carbocycles. The van der Waals surface area contributed by atoms with Crippen molar-refractivity contribution in [2.45, 2.75) is 201 Å². The first-order valence-electron chi connectivity index (χ1n) is 22.7. The van der Waals surface area contributed by atoms with Gasteiger partial charge in [0.15, 0.2) is 18.9 Å². The quantitative estimate of drug-likeness (QED) is 0.0846. The van der Waals surface area contributed by atoms with E-state index < -0.39 is 151 Å². The summed E-state index contributed by atoms with van der Waals surface area (Å²) in [5, 5.41) is 121. The van der Waals surface area contributed by atoms with Crippen molar-refractivity contribution in [1.29, 1.82) is 0 Å². The summed E-state index contributed by atoms with van der Waals surface area (Å²) in [6, 6.07) is 3.07. The largest absolute Gasteiger partial charge is 0.462 e. The van der Waals surface area contributed by atoms with Crippen LogP contribution in [0.4, 0.5) is 0 Å². The number of aliphatic hydroxyl groups is 11. The van der Waals surface area contributed by atoms with Crippen LogP contribution < -0.4 is 5.63 Å². The Hall–Kier alpha value is -2.26. The second-order valence-electron chi connectivity index (χ2n) is 20.1. The molecule has 21 nitrogen and oxygen atoms in total. The van der Waals surface area contributed by atoms with Gasteiger partial charge in [0.05, 0.1) is 37.3 Å². The highest BCUT2D eigenvalue weighted by atomic mass is 16.8. The maximum atomic E-state index is 13.0. The SMILES string of the molecule is CC(=O)O[C@@H]1C[C@]2(O)[C@H](CC[C@]3(C)[C@@H](c4ccc(=O)oc4)CC[C@@]32O)[C@@]2(C)CC[C@H](O[C@@H]3O[C@@H](C)[C@H](O[C@@H]4O[C@H](CO)[C@@H](O[C@@H]5O[C@H](CO)[C@@H](O)[C@H](O)[C@H]5O)[C@H](O)[C@H]4O)[C@@H](O)[C@@H]3O)C[C@H]12. The van der Waals surface area contributed by atoms with Crippen LogP contribution in [0.3, 0.4) is 0 Å². The van der Waals surface area contributed by atoms with E-state index in [1.165, 1.54) is 26.2 Å². The van der Waals surface area contributed by atoms with Crippen LogP contribution in [-0.2, 0) is 38.0 Å². The molecule has 0 unspecified atom stereocenters. The third kappa shape index (κ3) is 8.12. The minimum atomic E-state index is -1.91. The number of esters is 1. The third-order valence-corrected chi connectivity index (χ3v) is 16.7. The molecule has 21 heteroatoms. The molecule has 3 saturated heterocycles. The van der Waals surface area contributed by atoms with Gasteiger partial charge in [-0.2, -0.15) is 0 Å². The predicted molar refractivity (Wildman–Crippen MR) is 216 cm³/mol. The number of aliphatic hydroxyl groups excluding tert-OH is 9. The molecule has 0 spiro atoms. The Labute approximate surface area is 374 Å². The van der Waals surface area contributed by atoms with Gasteiger partial charge in [-0.05, 0) is 80.8 Å². The molecule has 7 aliphatic rings. The van der Waals surface area contributed by atoms with E-state index in [2.05, 4.69) is 6.92 Å². The highest BCUT2D eigenvalue weighted by molar-refractivity contribution is 5.66. The molecular weight excluding hydrogens is 864 g/mol. The summed E-state index contributed by atoms with van der Waals surface area (Å²) < 4.78 is 46.2. The van der Waals surface area contributed by atoms with Crippen molar-refractivity contribution < 1.29 is 98.5 Å². The third-order valence-electron chi connectivity index (χ3n) is 16.7. The summed E-state index contributed by atoms with van der Waals surface area (Å²) in [7, 11) is 0. The molecule has 1 aromatic rings. The summed E-state index contributed by atoms with van der Waals surface area (Å²) in [6.07, 6.45) is -20.9. The molecule has 0 radical (unpaired) electrons. The van der Waals surface area contributed by atoms with E-state index in [0.717, 1.165) is 5.56 Å². The minimum Gasteiger partial charge on any atom is -0.462 e. The Morgan fingerprint density at radius 2 is 1.35 bits per heavy atom. The fourth-order valence-electron chi connectivity index (χ4n) is 13.2. The molecule has 24 atom stereocenters. The van der Waals surface area contributed by atoms with Gasteiger partial charge >= 0.3 is 11.6 Å². The average Bonchev–Trinajstić information content (AvgIpc) is 3.55. The zero-order valence-electron chi connectivity index (χ0n) is 36.9. The standard InChI is InChI=1S/C44H66O21/c1-18-36(64-40-35(55)32(52)37(26(16-46)63-40)65-39-33(53)30(50)29(49)25(15-45)62-39)31(51)34(54)38(59-18)61-21-7-10-41(3)23(13-21)24(60-19(2)47)14-43(56)27(41)9-11-42(4)22(8-12-44(42,43)57)20-5-6-28(48)58-17-20/h5-6,17-18,21-27,29-40,45-46,49-57H,7-16H2,1-4H3/t18-,21-,22+,23+,24+,25+,26+,27+,29+,30-,31-,32+,33+,34-,35+,36-,37+,38-,39-,40-,41-,42+,43-,44+/m0/s1. The molecule has 4 saturated carbocycles. The summed E-state index contributed by atoms with van der Waals surface area (Å²) >= 11 is 0. The van der Waals surface area contributed by atoms with E-state index in [1.54, 1.807) is 6.07 Å². The zero-order valence-corrected chi connectivity index (χ0v) is 36.9. The molecule has 65 heavy (non-hydrogen) atoms. The lowest BCUT2D eigenvalue weighted by Gasteiger charge is -2.68. The molecule has 4 heterocycles. The zero-order chi connectivity index (χ0) is 47.1. The first-order chi connectivity index (χ1) is 30.6. The van der Waals surface area contributed by atoms with Gasteiger partial charge < -0.3 is 93.7 Å².